The average molecular weight is 289 g/mol. The SMILES string of the molecule is CC(c1cc(Cl)ccc1Cl)N(C)CC(C)(C)CN. The molecule has 0 saturated carbocycles. The predicted molar refractivity (Wildman–Crippen MR) is 80.3 cm³/mol. The van der Waals surface area contributed by atoms with Crippen LogP contribution < -0.4 is 5.73 Å². The molecule has 0 saturated heterocycles. The summed E-state index contributed by atoms with van der Waals surface area (Å²) in [4.78, 5) is 2.25. The standard InChI is InChI=1S/C14H22Cl2N2/c1-10(18(4)9-14(2,3)8-17)12-7-11(15)5-6-13(12)16/h5-7,10H,8-9,17H2,1-4H3. The van der Waals surface area contributed by atoms with Crippen LogP contribution in [0.1, 0.15) is 32.4 Å². The Labute approximate surface area is 120 Å². The number of rotatable bonds is 5. The molecule has 1 unspecified atom stereocenters. The smallest absolute Gasteiger partial charge is 0.0454 e. The summed E-state index contributed by atoms with van der Waals surface area (Å²) >= 11 is 12.3. The Hall–Kier alpha value is -0.280. The van der Waals surface area contributed by atoms with E-state index in [1.807, 2.05) is 18.2 Å². The van der Waals surface area contributed by atoms with E-state index in [1.165, 1.54) is 0 Å². The molecule has 102 valence electrons. The Kier molecular flexibility index (Phi) is 5.47. The molecule has 0 aliphatic carbocycles. The maximum absolute atomic E-state index is 6.23. The van der Waals surface area contributed by atoms with E-state index in [0.29, 0.717) is 11.6 Å². The minimum Gasteiger partial charge on any atom is -0.330 e. The second-order valence-corrected chi connectivity index (χ2v) is 6.47. The zero-order chi connectivity index (χ0) is 13.9. The fourth-order valence-electron chi connectivity index (χ4n) is 1.95. The molecule has 0 aliphatic rings. The van der Waals surface area contributed by atoms with Crippen LogP contribution >= 0.6 is 23.2 Å². The number of benzene rings is 1. The highest BCUT2D eigenvalue weighted by atomic mass is 35.5. The first kappa shape index (κ1) is 15.8. The normalized spacial score (nSPS) is 14.0. The van der Waals surface area contributed by atoms with Gasteiger partial charge in [0.1, 0.15) is 0 Å². The lowest BCUT2D eigenvalue weighted by atomic mass is 9.92. The second-order valence-electron chi connectivity index (χ2n) is 5.63. The third kappa shape index (κ3) is 4.13. The van der Waals surface area contributed by atoms with E-state index in [-0.39, 0.29) is 11.5 Å². The lowest BCUT2D eigenvalue weighted by Crippen LogP contribution is -2.38. The van der Waals surface area contributed by atoms with E-state index >= 15 is 0 Å². The zero-order valence-corrected chi connectivity index (χ0v) is 13.0. The van der Waals surface area contributed by atoms with Gasteiger partial charge in [-0.05, 0) is 49.7 Å². The first-order valence-corrected chi connectivity index (χ1v) is 6.87. The number of hydrogen-bond donors (Lipinski definition) is 1. The summed E-state index contributed by atoms with van der Waals surface area (Å²) in [6, 6.07) is 5.80. The van der Waals surface area contributed by atoms with Crippen molar-refractivity contribution in [3.05, 3.63) is 33.8 Å². The van der Waals surface area contributed by atoms with Gasteiger partial charge in [0.25, 0.3) is 0 Å². The number of halogens is 2. The average Bonchev–Trinajstić information content (AvgIpc) is 2.31. The highest BCUT2D eigenvalue weighted by molar-refractivity contribution is 6.33. The molecule has 4 heteroatoms. The Morgan fingerprint density at radius 2 is 1.94 bits per heavy atom. The summed E-state index contributed by atoms with van der Waals surface area (Å²) in [7, 11) is 2.08. The highest BCUT2D eigenvalue weighted by Gasteiger charge is 2.22. The van der Waals surface area contributed by atoms with E-state index in [9.17, 15) is 0 Å². The van der Waals surface area contributed by atoms with Crippen LogP contribution in [0.3, 0.4) is 0 Å². The lowest BCUT2D eigenvalue weighted by molar-refractivity contribution is 0.174. The third-order valence-corrected chi connectivity index (χ3v) is 3.88. The molecule has 0 heterocycles. The van der Waals surface area contributed by atoms with Crippen molar-refractivity contribution >= 4 is 23.2 Å². The molecule has 1 rings (SSSR count). The van der Waals surface area contributed by atoms with E-state index in [1.54, 1.807) is 0 Å². The number of nitrogens with two attached hydrogens (primary N) is 1. The van der Waals surface area contributed by atoms with Crippen molar-refractivity contribution in [1.29, 1.82) is 0 Å². The van der Waals surface area contributed by atoms with Crippen LogP contribution in [0.2, 0.25) is 10.0 Å². The highest BCUT2D eigenvalue weighted by Crippen LogP contribution is 2.30. The lowest BCUT2D eigenvalue weighted by Gasteiger charge is -2.33. The summed E-state index contributed by atoms with van der Waals surface area (Å²) in [5.74, 6) is 0. The third-order valence-electron chi connectivity index (χ3n) is 3.30. The van der Waals surface area contributed by atoms with Crippen molar-refractivity contribution in [3.63, 3.8) is 0 Å². The predicted octanol–water partition coefficient (Wildman–Crippen LogP) is 3.97. The largest absolute Gasteiger partial charge is 0.330 e. The Morgan fingerprint density at radius 3 is 2.50 bits per heavy atom. The Balaban J connectivity index is 2.86. The van der Waals surface area contributed by atoms with Crippen LogP contribution in [0.5, 0.6) is 0 Å². The minimum atomic E-state index is 0.0913. The molecule has 0 radical (unpaired) electrons. The maximum Gasteiger partial charge on any atom is 0.0454 e. The molecular weight excluding hydrogens is 267 g/mol. The minimum absolute atomic E-state index is 0.0913. The molecule has 0 aromatic heterocycles. The molecule has 0 aliphatic heterocycles. The van der Waals surface area contributed by atoms with Gasteiger partial charge >= 0.3 is 0 Å². The van der Waals surface area contributed by atoms with Gasteiger partial charge in [-0.25, -0.2) is 0 Å². The van der Waals surface area contributed by atoms with Crippen molar-refractivity contribution in [1.82, 2.24) is 4.90 Å². The topological polar surface area (TPSA) is 29.3 Å². The van der Waals surface area contributed by atoms with E-state index < -0.39 is 0 Å². The van der Waals surface area contributed by atoms with Crippen molar-refractivity contribution in [3.8, 4) is 0 Å². The van der Waals surface area contributed by atoms with Gasteiger partial charge < -0.3 is 5.73 Å². The van der Waals surface area contributed by atoms with Gasteiger partial charge in [-0.15, -0.1) is 0 Å². The molecule has 1 atom stereocenters. The Morgan fingerprint density at radius 1 is 1.33 bits per heavy atom. The monoisotopic (exact) mass is 288 g/mol. The first-order valence-electron chi connectivity index (χ1n) is 6.12. The van der Waals surface area contributed by atoms with Crippen molar-refractivity contribution in [2.45, 2.75) is 26.8 Å². The molecule has 2 nitrogen and oxygen atoms in total. The van der Waals surface area contributed by atoms with Gasteiger partial charge in [0.2, 0.25) is 0 Å². The van der Waals surface area contributed by atoms with Gasteiger partial charge in [-0.2, -0.15) is 0 Å². The molecule has 1 aromatic rings. The first-order chi connectivity index (χ1) is 8.26. The number of hydrogen-bond acceptors (Lipinski definition) is 2. The quantitative estimate of drug-likeness (QED) is 0.888. The van der Waals surface area contributed by atoms with Gasteiger partial charge in [0.05, 0.1) is 0 Å². The van der Waals surface area contributed by atoms with Gasteiger partial charge in [0, 0.05) is 22.6 Å². The van der Waals surface area contributed by atoms with Crippen LogP contribution in [-0.2, 0) is 0 Å². The fraction of sp³-hybridized carbons (Fsp3) is 0.571. The van der Waals surface area contributed by atoms with Crippen LogP contribution in [0.4, 0.5) is 0 Å². The van der Waals surface area contributed by atoms with E-state index in [0.717, 1.165) is 17.1 Å². The summed E-state index contributed by atoms with van der Waals surface area (Å²) < 4.78 is 0. The van der Waals surface area contributed by atoms with Gasteiger partial charge in [-0.3, -0.25) is 4.90 Å². The summed E-state index contributed by atoms with van der Waals surface area (Å²) in [6.45, 7) is 8.02. The molecule has 0 bridgehead atoms. The second kappa shape index (κ2) is 6.25. The fourth-order valence-corrected chi connectivity index (χ4v) is 2.40. The summed E-state index contributed by atoms with van der Waals surface area (Å²) in [6.07, 6.45) is 0. The van der Waals surface area contributed by atoms with Crippen molar-refractivity contribution < 1.29 is 0 Å². The molecular formula is C14H22Cl2N2. The summed E-state index contributed by atoms with van der Waals surface area (Å²) in [5.41, 5.74) is 6.92. The zero-order valence-electron chi connectivity index (χ0n) is 11.5. The number of nitrogens with zero attached hydrogens (tertiary/aromatic N) is 1. The van der Waals surface area contributed by atoms with Gasteiger partial charge in [-0.1, -0.05) is 37.0 Å². The van der Waals surface area contributed by atoms with E-state index in [2.05, 4.69) is 32.7 Å². The molecule has 2 N–H and O–H groups in total. The van der Waals surface area contributed by atoms with Crippen LogP contribution in [0.15, 0.2) is 18.2 Å². The van der Waals surface area contributed by atoms with Crippen LogP contribution in [0, 0.1) is 5.41 Å². The molecule has 1 aromatic carbocycles. The van der Waals surface area contributed by atoms with Crippen molar-refractivity contribution in [2.75, 3.05) is 20.1 Å². The molecule has 0 spiro atoms. The Bertz CT molecular complexity index is 405. The van der Waals surface area contributed by atoms with Gasteiger partial charge in [0.15, 0.2) is 0 Å². The van der Waals surface area contributed by atoms with Crippen LogP contribution in [0.25, 0.3) is 0 Å². The molecule has 0 amide bonds. The van der Waals surface area contributed by atoms with Crippen LogP contribution in [-0.4, -0.2) is 25.0 Å². The van der Waals surface area contributed by atoms with Crippen molar-refractivity contribution in [2.24, 2.45) is 11.1 Å². The molecule has 18 heavy (non-hydrogen) atoms. The van der Waals surface area contributed by atoms with E-state index in [4.69, 9.17) is 28.9 Å². The maximum atomic E-state index is 6.23. The summed E-state index contributed by atoms with van der Waals surface area (Å²) in [5, 5.41) is 1.47. The molecule has 0 fully saturated rings.